The van der Waals surface area contributed by atoms with Gasteiger partial charge in [0.05, 0.1) is 31.1 Å². The average molecular weight is 307 g/mol. The molecular weight excluding hydrogens is 282 g/mol. The number of fused-ring (bicyclic) bond motifs is 1. The van der Waals surface area contributed by atoms with E-state index in [-0.39, 0.29) is 23.5 Å². The normalized spacial score (nSPS) is 28.1. The van der Waals surface area contributed by atoms with E-state index in [9.17, 15) is 4.79 Å². The Balaban J connectivity index is 1.86. The summed E-state index contributed by atoms with van der Waals surface area (Å²) in [5.41, 5.74) is 2.47. The van der Waals surface area contributed by atoms with E-state index in [0.717, 1.165) is 17.7 Å². The van der Waals surface area contributed by atoms with Gasteiger partial charge in [-0.3, -0.25) is 9.89 Å². The second-order valence-corrected chi connectivity index (χ2v) is 7.20. The first kappa shape index (κ1) is 15.5. The van der Waals surface area contributed by atoms with Crippen LogP contribution in [0.4, 0.5) is 0 Å². The lowest BCUT2D eigenvalue weighted by Gasteiger charge is -2.29. The molecule has 1 amide bonds. The number of rotatable bonds is 1. The molecule has 0 bridgehead atoms. The van der Waals surface area contributed by atoms with Gasteiger partial charge < -0.3 is 14.4 Å². The SMILES string of the molecule is C[C@@H]1Cc2c(C(=O)N3CCOCC(C)(C)C3)n[nH]c2[C@H](C)O1. The lowest BCUT2D eigenvalue weighted by atomic mass is 9.94. The van der Waals surface area contributed by atoms with Crippen molar-refractivity contribution < 1.29 is 14.3 Å². The van der Waals surface area contributed by atoms with Crippen molar-refractivity contribution in [1.29, 1.82) is 0 Å². The van der Waals surface area contributed by atoms with Gasteiger partial charge in [0, 0.05) is 30.5 Å². The topological polar surface area (TPSA) is 67.5 Å². The molecule has 0 radical (unpaired) electrons. The van der Waals surface area contributed by atoms with E-state index in [4.69, 9.17) is 9.47 Å². The minimum absolute atomic E-state index is 0.00243. The zero-order valence-electron chi connectivity index (χ0n) is 13.8. The van der Waals surface area contributed by atoms with E-state index in [2.05, 4.69) is 24.0 Å². The number of carbonyl (C=O) groups excluding carboxylic acids is 1. The molecule has 1 aromatic rings. The third-order valence-electron chi connectivity index (χ3n) is 4.34. The van der Waals surface area contributed by atoms with Crippen LogP contribution in [0.25, 0.3) is 0 Å². The zero-order chi connectivity index (χ0) is 15.9. The third-order valence-corrected chi connectivity index (χ3v) is 4.34. The summed E-state index contributed by atoms with van der Waals surface area (Å²) in [5, 5.41) is 7.30. The Morgan fingerprint density at radius 2 is 2.18 bits per heavy atom. The van der Waals surface area contributed by atoms with Crippen molar-refractivity contribution in [2.24, 2.45) is 5.41 Å². The van der Waals surface area contributed by atoms with Crippen LogP contribution in [-0.4, -0.2) is 53.4 Å². The van der Waals surface area contributed by atoms with Gasteiger partial charge in [-0.15, -0.1) is 0 Å². The molecule has 1 saturated heterocycles. The number of amides is 1. The van der Waals surface area contributed by atoms with Gasteiger partial charge in [-0.25, -0.2) is 0 Å². The summed E-state index contributed by atoms with van der Waals surface area (Å²) in [7, 11) is 0. The van der Waals surface area contributed by atoms with E-state index in [1.807, 2.05) is 18.7 Å². The fourth-order valence-electron chi connectivity index (χ4n) is 3.34. The summed E-state index contributed by atoms with van der Waals surface area (Å²) in [6, 6.07) is 0. The van der Waals surface area contributed by atoms with Crippen molar-refractivity contribution >= 4 is 5.91 Å². The maximum absolute atomic E-state index is 12.9. The smallest absolute Gasteiger partial charge is 0.274 e. The molecule has 6 heteroatoms. The van der Waals surface area contributed by atoms with Crippen LogP contribution in [0.1, 0.15) is 55.5 Å². The summed E-state index contributed by atoms with van der Waals surface area (Å²) in [6.45, 7) is 10.8. The molecule has 0 spiro atoms. The standard InChI is InChI=1S/C16H25N3O3/c1-10-7-12-13(11(2)22-10)17-18-14(12)15(20)19-5-6-21-9-16(3,4)8-19/h10-11H,5-9H2,1-4H3,(H,17,18)/t10-,11+/m1/s1. The molecule has 3 heterocycles. The first-order valence-electron chi connectivity index (χ1n) is 7.97. The average Bonchev–Trinajstić information content (AvgIpc) is 2.76. The number of aromatic nitrogens is 2. The van der Waals surface area contributed by atoms with Gasteiger partial charge >= 0.3 is 0 Å². The number of hydrogen-bond acceptors (Lipinski definition) is 4. The minimum atomic E-state index is -0.0447. The van der Waals surface area contributed by atoms with E-state index in [1.165, 1.54) is 0 Å². The van der Waals surface area contributed by atoms with Gasteiger partial charge in [-0.1, -0.05) is 13.8 Å². The fourth-order valence-corrected chi connectivity index (χ4v) is 3.34. The maximum atomic E-state index is 12.9. The minimum Gasteiger partial charge on any atom is -0.379 e. The van der Waals surface area contributed by atoms with Crippen LogP contribution in [0.15, 0.2) is 0 Å². The number of hydrogen-bond donors (Lipinski definition) is 1. The number of carbonyl (C=O) groups is 1. The van der Waals surface area contributed by atoms with Gasteiger partial charge in [-0.05, 0) is 13.8 Å². The molecule has 6 nitrogen and oxygen atoms in total. The van der Waals surface area contributed by atoms with Gasteiger partial charge in [0.1, 0.15) is 0 Å². The highest BCUT2D eigenvalue weighted by Crippen LogP contribution is 2.31. The highest BCUT2D eigenvalue weighted by Gasteiger charge is 2.34. The molecular formula is C16H25N3O3. The lowest BCUT2D eigenvalue weighted by molar-refractivity contribution is -0.00703. The van der Waals surface area contributed by atoms with Crippen molar-refractivity contribution in [3.8, 4) is 0 Å². The predicted octanol–water partition coefficient (Wildman–Crippen LogP) is 1.93. The molecule has 1 N–H and O–H groups in total. The second kappa shape index (κ2) is 5.66. The van der Waals surface area contributed by atoms with Crippen LogP contribution < -0.4 is 0 Å². The monoisotopic (exact) mass is 307 g/mol. The first-order chi connectivity index (χ1) is 10.4. The van der Waals surface area contributed by atoms with Crippen LogP contribution in [0.3, 0.4) is 0 Å². The highest BCUT2D eigenvalue weighted by atomic mass is 16.5. The summed E-state index contributed by atoms with van der Waals surface area (Å²) >= 11 is 0. The van der Waals surface area contributed by atoms with Crippen molar-refractivity contribution in [2.45, 2.75) is 46.3 Å². The van der Waals surface area contributed by atoms with Crippen molar-refractivity contribution in [3.05, 3.63) is 17.0 Å². The number of nitrogens with zero attached hydrogens (tertiary/aromatic N) is 2. The molecule has 2 aliphatic heterocycles. The maximum Gasteiger partial charge on any atom is 0.274 e. The fraction of sp³-hybridized carbons (Fsp3) is 0.750. The molecule has 2 aliphatic rings. The Kier molecular flexibility index (Phi) is 3.99. The Morgan fingerprint density at radius 1 is 1.41 bits per heavy atom. The zero-order valence-corrected chi connectivity index (χ0v) is 13.8. The summed E-state index contributed by atoms with van der Waals surface area (Å²) in [4.78, 5) is 14.8. The molecule has 0 unspecified atom stereocenters. The molecule has 22 heavy (non-hydrogen) atoms. The van der Waals surface area contributed by atoms with E-state index < -0.39 is 0 Å². The van der Waals surface area contributed by atoms with Crippen molar-refractivity contribution in [3.63, 3.8) is 0 Å². The van der Waals surface area contributed by atoms with Crippen molar-refractivity contribution in [1.82, 2.24) is 15.1 Å². The molecule has 0 aromatic carbocycles. The lowest BCUT2D eigenvalue weighted by Crippen LogP contribution is -2.39. The van der Waals surface area contributed by atoms with E-state index in [0.29, 0.717) is 32.0 Å². The number of nitrogens with one attached hydrogen (secondary N) is 1. The Labute approximate surface area is 131 Å². The van der Waals surface area contributed by atoms with Gasteiger partial charge in [0.25, 0.3) is 5.91 Å². The quantitative estimate of drug-likeness (QED) is 0.861. The highest BCUT2D eigenvalue weighted by molar-refractivity contribution is 5.94. The summed E-state index contributed by atoms with van der Waals surface area (Å²) < 4.78 is 11.4. The molecule has 1 aromatic heterocycles. The second-order valence-electron chi connectivity index (χ2n) is 7.20. The van der Waals surface area contributed by atoms with Gasteiger partial charge in [-0.2, -0.15) is 5.10 Å². The van der Waals surface area contributed by atoms with E-state index in [1.54, 1.807) is 0 Å². The third kappa shape index (κ3) is 2.90. The van der Waals surface area contributed by atoms with Crippen LogP contribution in [0.2, 0.25) is 0 Å². The Morgan fingerprint density at radius 3 is 2.95 bits per heavy atom. The summed E-state index contributed by atoms with van der Waals surface area (Å²) in [5.74, 6) is -0.00243. The Bertz CT molecular complexity index is 567. The number of aromatic amines is 1. The van der Waals surface area contributed by atoms with Gasteiger partial charge in [0.15, 0.2) is 5.69 Å². The number of ether oxygens (including phenoxy) is 2. The van der Waals surface area contributed by atoms with Crippen LogP contribution in [-0.2, 0) is 15.9 Å². The van der Waals surface area contributed by atoms with Crippen LogP contribution >= 0.6 is 0 Å². The van der Waals surface area contributed by atoms with E-state index >= 15 is 0 Å². The van der Waals surface area contributed by atoms with Crippen LogP contribution in [0.5, 0.6) is 0 Å². The number of H-pyrrole nitrogens is 1. The van der Waals surface area contributed by atoms with Gasteiger partial charge in [0.2, 0.25) is 0 Å². The Hall–Kier alpha value is -1.40. The van der Waals surface area contributed by atoms with Crippen LogP contribution in [0, 0.1) is 5.41 Å². The molecule has 3 rings (SSSR count). The predicted molar refractivity (Wildman–Crippen MR) is 81.8 cm³/mol. The molecule has 2 atom stereocenters. The molecule has 122 valence electrons. The largest absolute Gasteiger partial charge is 0.379 e. The molecule has 0 saturated carbocycles. The van der Waals surface area contributed by atoms with Crippen molar-refractivity contribution in [2.75, 3.05) is 26.3 Å². The molecule has 1 fully saturated rings. The first-order valence-corrected chi connectivity index (χ1v) is 7.97. The summed E-state index contributed by atoms with van der Waals surface area (Å²) in [6.07, 6.45) is 0.789. The molecule has 0 aliphatic carbocycles.